The number of rotatable bonds is 4. The summed E-state index contributed by atoms with van der Waals surface area (Å²) >= 11 is 0. The number of benzene rings is 1. The van der Waals surface area contributed by atoms with E-state index in [0.29, 0.717) is 0 Å². The lowest BCUT2D eigenvalue weighted by atomic mass is 10.1. The second-order valence-electron chi connectivity index (χ2n) is 6.06. The Labute approximate surface area is 137 Å². The van der Waals surface area contributed by atoms with Crippen molar-refractivity contribution in [1.29, 1.82) is 0 Å². The quantitative estimate of drug-likeness (QED) is 0.869. The van der Waals surface area contributed by atoms with E-state index in [0.717, 1.165) is 30.7 Å². The minimum Gasteiger partial charge on any atom is -0.484 e. The molecule has 1 unspecified atom stereocenters. The van der Waals surface area contributed by atoms with Crippen molar-refractivity contribution in [2.45, 2.75) is 32.7 Å². The van der Waals surface area contributed by atoms with Gasteiger partial charge in [0, 0.05) is 18.9 Å². The minimum absolute atomic E-state index is 0.0440. The second kappa shape index (κ2) is 6.82. The summed E-state index contributed by atoms with van der Waals surface area (Å²) < 4.78 is 5.70. The van der Waals surface area contributed by atoms with E-state index >= 15 is 0 Å². The molecular weight excluding hydrogens is 288 g/mol. The number of aromatic nitrogens is 1. The largest absolute Gasteiger partial charge is 0.484 e. The molecule has 1 saturated heterocycles. The van der Waals surface area contributed by atoms with Gasteiger partial charge < -0.3 is 9.64 Å². The Morgan fingerprint density at radius 1 is 1.22 bits per heavy atom. The van der Waals surface area contributed by atoms with Crippen molar-refractivity contribution in [2.24, 2.45) is 0 Å². The smallest absolute Gasteiger partial charge is 0.261 e. The van der Waals surface area contributed by atoms with Gasteiger partial charge in [0.1, 0.15) is 5.75 Å². The molecule has 1 aliphatic heterocycles. The molecule has 4 heteroatoms. The molecule has 3 rings (SSSR count). The molecule has 2 aromatic rings. The van der Waals surface area contributed by atoms with Crippen LogP contribution in [0.15, 0.2) is 42.7 Å². The molecule has 23 heavy (non-hydrogen) atoms. The Hall–Kier alpha value is -2.36. The van der Waals surface area contributed by atoms with Crippen molar-refractivity contribution >= 4 is 5.91 Å². The summed E-state index contributed by atoms with van der Waals surface area (Å²) in [7, 11) is 0. The number of likely N-dealkylation sites (tertiary alicyclic amines) is 1. The van der Waals surface area contributed by atoms with Crippen molar-refractivity contribution in [3.63, 3.8) is 0 Å². The third-order valence-electron chi connectivity index (χ3n) is 4.50. The number of ether oxygens (including phenoxy) is 1. The Morgan fingerprint density at radius 3 is 2.74 bits per heavy atom. The first-order chi connectivity index (χ1) is 11.1. The van der Waals surface area contributed by atoms with Gasteiger partial charge in [-0.05, 0) is 67.6 Å². The molecule has 1 atom stereocenters. The molecule has 120 valence electrons. The van der Waals surface area contributed by atoms with E-state index in [4.69, 9.17) is 4.74 Å². The van der Waals surface area contributed by atoms with E-state index < -0.39 is 0 Å². The van der Waals surface area contributed by atoms with Gasteiger partial charge in [-0.3, -0.25) is 9.78 Å². The Balaban J connectivity index is 1.64. The highest BCUT2D eigenvalue weighted by Crippen LogP contribution is 2.31. The van der Waals surface area contributed by atoms with Gasteiger partial charge in [0.2, 0.25) is 0 Å². The van der Waals surface area contributed by atoms with E-state index in [9.17, 15) is 4.79 Å². The average molecular weight is 310 g/mol. The van der Waals surface area contributed by atoms with E-state index in [1.807, 2.05) is 42.2 Å². The zero-order valence-electron chi connectivity index (χ0n) is 13.7. The number of hydrogen-bond donors (Lipinski definition) is 0. The minimum atomic E-state index is 0.0440. The van der Waals surface area contributed by atoms with Gasteiger partial charge in [-0.15, -0.1) is 0 Å². The standard InChI is InChI=1S/C19H22N2O2/c1-14-5-6-17(12-15(14)2)23-13-19(22)21-11-3-4-18(21)16-7-9-20-10-8-16/h5-10,12,18H,3-4,11,13H2,1-2H3. The van der Waals surface area contributed by atoms with Crippen LogP contribution in [0.25, 0.3) is 0 Å². The zero-order valence-corrected chi connectivity index (χ0v) is 13.7. The first-order valence-corrected chi connectivity index (χ1v) is 8.04. The lowest BCUT2D eigenvalue weighted by molar-refractivity contribution is -0.134. The summed E-state index contributed by atoms with van der Waals surface area (Å²) in [6.45, 7) is 4.99. The SMILES string of the molecule is Cc1ccc(OCC(=O)N2CCCC2c2ccncc2)cc1C. The maximum atomic E-state index is 12.5. The molecule has 4 nitrogen and oxygen atoms in total. The molecule has 1 aliphatic rings. The first kappa shape index (κ1) is 15.5. The van der Waals surface area contributed by atoms with Gasteiger partial charge >= 0.3 is 0 Å². The molecule has 0 N–H and O–H groups in total. The fraction of sp³-hybridized carbons (Fsp3) is 0.368. The second-order valence-corrected chi connectivity index (χ2v) is 6.06. The van der Waals surface area contributed by atoms with Crippen molar-refractivity contribution in [3.05, 3.63) is 59.4 Å². The summed E-state index contributed by atoms with van der Waals surface area (Å²) in [5.41, 5.74) is 3.55. The molecular formula is C19H22N2O2. The maximum absolute atomic E-state index is 12.5. The van der Waals surface area contributed by atoms with Crippen LogP contribution in [0.4, 0.5) is 0 Å². The van der Waals surface area contributed by atoms with Crippen LogP contribution in [0, 0.1) is 13.8 Å². The molecule has 0 bridgehead atoms. The summed E-state index contributed by atoms with van der Waals surface area (Å²) in [5, 5.41) is 0. The van der Waals surface area contributed by atoms with Gasteiger partial charge in [-0.1, -0.05) is 6.07 Å². The fourth-order valence-corrected chi connectivity index (χ4v) is 3.03. The van der Waals surface area contributed by atoms with Crippen LogP contribution >= 0.6 is 0 Å². The Kier molecular flexibility index (Phi) is 4.60. The number of pyridine rings is 1. The molecule has 1 fully saturated rings. The van der Waals surface area contributed by atoms with Gasteiger partial charge in [0.05, 0.1) is 6.04 Å². The third kappa shape index (κ3) is 3.52. The topological polar surface area (TPSA) is 42.4 Å². The molecule has 0 radical (unpaired) electrons. The zero-order chi connectivity index (χ0) is 16.2. The average Bonchev–Trinajstić information content (AvgIpc) is 3.06. The lowest BCUT2D eigenvalue weighted by Gasteiger charge is -2.25. The predicted octanol–water partition coefficient (Wildman–Crippen LogP) is 3.44. The van der Waals surface area contributed by atoms with Gasteiger partial charge in [-0.25, -0.2) is 0 Å². The Bertz CT molecular complexity index is 685. The third-order valence-corrected chi connectivity index (χ3v) is 4.50. The van der Waals surface area contributed by atoms with Crippen LogP contribution in [0.1, 0.15) is 35.6 Å². The lowest BCUT2D eigenvalue weighted by Crippen LogP contribution is -2.34. The number of aryl methyl sites for hydroxylation is 2. The number of amides is 1. The first-order valence-electron chi connectivity index (χ1n) is 8.04. The predicted molar refractivity (Wildman–Crippen MR) is 89.3 cm³/mol. The number of hydrogen-bond acceptors (Lipinski definition) is 3. The normalized spacial score (nSPS) is 17.3. The summed E-state index contributed by atoms with van der Waals surface area (Å²) in [6.07, 6.45) is 5.59. The maximum Gasteiger partial charge on any atom is 0.261 e. The fourth-order valence-electron chi connectivity index (χ4n) is 3.03. The highest BCUT2D eigenvalue weighted by atomic mass is 16.5. The van der Waals surface area contributed by atoms with Crippen LogP contribution in [-0.4, -0.2) is 28.9 Å². The number of nitrogens with zero attached hydrogens (tertiary/aromatic N) is 2. The number of carbonyl (C=O) groups is 1. The van der Waals surface area contributed by atoms with Crippen LogP contribution < -0.4 is 4.74 Å². The van der Waals surface area contributed by atoms with Gasteiger partial charge in [0.15, 0.2) is 6.61 Å². The van der Waals surface area contributed by atoms with Crippen molar-refractivity contribution in [3.8, 4) is 5.75 Å². The van der Waals surface area contributed by atoms with Crippen LogP contribution in [0.2, 0.25) is 0 Å². The Morgan fingerprint density at radius 2 is 2.00 bits per heavy atom. The monoisotopic (exact) mass is 310 g/mol. The van der Waals surface area contributed by atoms with Gasteiger partial charge in [-0.2, -0.15) is 0 Å². The molecule has 1 aromatic heterocycles. The van der Waals surface area contributed by atoms with E-state index in [1.165, 1.54) is 11.1 Å². The molecule has 1 amide bonds. The van der Waals surface area contributed by atoms with E-state index in [-0.39, 0.29) is 18.6 Å². The molecule has 1 aromatic carbocycles. The summed E-state index contributed by atoms with van der Waals surface area (Å²) in [5.74, 6) is 0.795. The van der Waals surface area contributed by atoms with Crippen molar-refractivity contribution in [1.82, 2.24) is 9.88 Å². The van der Waals surface area contributed by atoms with Crippen molar-refractivity contribution < 1.29 is 9.53 Å². The number of carbonyl (C=O) groups excluding carboxylic acids is 1. The van der Waals surface area contributed by atoms with E-state index in [1.54, 1.807) is 12.4 Å². The highest BCUT2D eigenvalue weighted by molar-refractivity contribution is 5.78. The molecule has 2 heterocycles. The molecule has 0 spiro atoms. The van der Waals surface area contributed by atoms with Crippen molar-refractivity contribution in [2.75, 3.05) is 13.2 Å². The van der Waals surface area contributed by atoms with Crippen LogP contribution in [0.3, 0.4) is 0 Å². The van der Waals surface area contributed by atoms with Gasteiger partial charge in [0.25, 0.3) is 5.91 Å². The summed E-state index contributed by atoms with van der Waals surface area (Å²) in [4.78, 5) is 18.5. The summed E-state index contributed by atoms with van der Waals surface area (Å²) in [6, 6.07) is 10.0. The molecule has 0 aliphatic carbocycles. The molecule has 0 saturated carbocycles. The van der Waals surface area contributed by atoms with E-state index in [2.05, 4.69) is 11.9 Å². The van der Waals surface area contributed by atoms with Crippen LogP contribution in [0.5, 0.6) is 5.75 Å². The van der Waals surface area contributed by atoms with Crippen LogP contribution in [-0.2, 0) is 4.79 Å². The highest BCUT2D eigenvalue weighted by Gasteiger charge is 2.29.